The van der Waals surface area contributed by atoms with Gasteiger partial charge in [0.2, 0.25) is 0 Å². The zero-order valence-corrected chi connectivity index (χ0v) is 14.6. The first-order chi connectivity index (χ1) is 12.2. The number of nitrogens with one attached hydrogen (secondary N) is 1. The second-order valence-electron chi connectivity index (χ2n) is 6.21. The van der Waals surface area contributed by atoms with Crippen LogP contribution in [0.5, 0.6) is 0 Å². The first kappa shape index (κ1) is 17.2. The van der Waals surface area contributed by atoms with Crippen LogP contribution in [0.1, 0.15) is 30.1 Å². The van der Waals surface area contributed by atoms with Crippen LogP contribution in [0.15, 0.2) is 72.8 Å². The van der Waals surface area contributed by atoms with Crippen LogP contribution in [0, 0.1) is 0 Å². The van der Waals surface area contributed by atoms with Gasteiger partial charge in [0.15, 0.2) is 0 Å². The molecular formula is C22H23NO2. The van der Waals surface area contributed by atoms with E-state index in [1.807, 2.05) is 49.5 Å². The quantitative estimate of drug-likeness (QED) is 0.677. The van der Waals surface area contributed by atoms with E-state index in [-0.39, 0.29) is 18.0 Å². The van der Waals surface area contributed by atoms with Gasteiger partial charge >= 0.3 is 5.97 Å². The normalized spacial score (nSPS) is 13.4. The highest BCUT2D eigenvalue weighted by atomic mass is 16.5. The molecule has 0 aliphatic carbocycles. The SMILES string of the molecule is CNC[C@@H](c1ccc2ccccc2c1)[C@@H](OC(C)=O)c1ccccc1. The second kappa shape index (κ2) is 7.95. The van der Waals surface area contributed by atoms with E-state index in [1.165, 1.54) is 17.7 Å². The molecule has 0 heterocycles. The number of carbonyl (C=O) groups is 1. The van der Waals surface area contributed by atoms with E-state index < -0.39 is 0 Å². The minimum Gasteiger partial charge on any atom is -0.457 e. The number of carbonyl (C=O) groups excluding carboxylic acids is 1. The van der Waals surface area contributed by atoms with Gasteiger partial charge in [-0.3, -0.25) is 4.79 Å². The minimum atomic E-state index is -0.327. The van der Waals surface area contributed by atoms with Gasteiger partial charge in [-0.15, -0.1) is 0 Å². The maximum Gasteiger partial charge on any atom is 0.303 e. The van der Waals surface area contributed by atoms with E-state index in [0.717, 1.165) is 11.1 Å². The maximum atomic E-state index is 11.7. The third kappa shape index (κ3) is 4.06. The summed E-state index contributed by atoms with van der Waals surface area (Å²) in [5.74, 6) is -0.239. The van der Waals surface area contributed by atoms with E-state index in [0.29, 0.717) is 6.54 Å². The Hall–Kier alpha value is -2.65. The zero-order valence-electron chi connectivity index (χ0n) is 14.6. The Labute approximate surface area is 148 Å². The van der Waals surface area contributed by atoms with Gasteiger partial charge in [0.25, 0.3) is 0 Å². The molecule has 0 aromatic heterocycles. The number of esters is 1. The lowest BCUT2D eigenvalue weighted by atomic mass is 9.87. The molecule has 0 spiro atoms. The molecule has 0 radical (unpaired) electrons. The van der Waals surface area contributed by atoms with E-state index in [2.05, 4.69) is 35.6 Å². The molecule has 0 amide bonds. The lowest BCUT2D eigenvalue weighted by Gasteiger charge is -2.28. The highest BCUT2D eigenvalue weighted by Crippen LogP contribution is 2.35. The van der Waals surface area contributed by atoms with Crippen LogP contribution in [-0.4, -0.2) is 19.6 Å². The summed E-state index contributed by atoms with van der Waals surface area (Å²) in [5.41, 5.74) is 2.16. The number of likely N-dealkylation sites (N-methyl/N-ethyl adjacent to an activating group) is 1. The molecule has 3 aromatic rings. The summed E-state index contributed by atoms with van der Waals surface area (Å²) < 4.78 is 5.74. The van der Waals surface area contributed by atoms with E-state index in [9.17, 15) is 4.79 Å². The summed E-state index contributed by atoms with van der Waals surface area (Å²) in [4.78, 5) is 11.7. The van der Waals surface area contributed by atoms with Crippen LogP contribution in [0.3, 0.4) is 0 Å². The van der Waals surface area contributed by atoms with E-state index in [1.54, 1.807) is 0 Å². The summed E-state index contributed by atoms with van der Waals surface area (Å²) in [5, 5.41) is 5.64. The lowest BCUT2D eigenvalue weighted by molar-refractivity contribution is -0.148. The number of benzene rings is 3. The summed E-state index contributed by atoms with van der Waals surface area (Å²) in [6.45, 7) is 2.18. The Kier molecular flexibility index (Phi) is 5.46. The smallest absolute Gasteiger partial charge is 0.303 e. The van der Waals surface area contributed by atoms with Crippen LogP contribution in [0.2, 0.25) is 0 Å². The summed E-state index contributed by atoms with van der Waals surface area (Å²) in [6, 6.07) is 24.7. The Morgan fingerprint density at radius 2 is 1.60 bits per heavy atom. The third-order valence-corrected chi connectivity index (χ3v) is 4.41. The lowest BCUT2D eigenvalue weighted by Crippen LogP contribution is -2.26. The fraction of sp³-hybridized carbons (Fsp3) is 0.227. The van der Waals surface area contributed by atoms with Crippen molar-refractivity contribution in [3.63, 3.8) is 0 Å². The molecule has 0 bridgehead atoms. The van der Waals surface area contributed by atoms with Crippen molar-refractivity contribution in [2.45, 2.75) is 18.9 Å². The number of rotatable bonds is 6. The van der Waals surface area contributed by atoms with Crippen molar-refractivity contribution < 1.29 is 9.53 Å². The standard InChI is InChI=1S/C22H23NO2/c1-16(24)25-22(18-9-4-3-5-10-18)21(15-23-2)20-13-12-17-8-6-7-11-19(17)14-20/h3-14,21-23H,15H2,1-2H3/t21-,22-/m0/s1. The van der Waals surface area contributed by atoms with Crippen molar-refractivity contribution in [1.82, 2.24) is 5.32 Å². The van der Waals surface area contributed by atoms with Crippen molar-refractivity contribution >= 4 is 16.7 Å². The Morgan fingerprint density at radius 1 is 0.920 bits per heavy atom. The van der Waals surface area contributed by atoms with Gasteiger partial charge in [-0.25, -0.2) is 0 Å². The van der Waals surface area contributed by atoms with Gasteiger partial charge in [-0.05, 0) is 28.9 Å². The molecule has 0 aliphatic heterocycles. The number of fused-ring (bicyclic) bond motifs is 1. The van der Waals surface area contributed by atoms with Crippen molar-refractivity contribution in [1.29, 1.82) is 0 Å². The number of ether oxygens (including phenoxy) is 1. The van der Waals surface area contributed by atoms with Crippen LogP contribution in [0.25, 0.3) is 10.8 Å². The van der Waals surface area contributed by atoms with E-state index >= 15 is 0 Å². The average molecular weight is 333 g/mol. The molecule has 0 unspecified atom stereocenters. The second-order valence-corrected chi connectivity index (χ2v) is 6.21. The van der Waals surface area contributed by atoms with Crippen LogP contribution >= 0.6 is 0 Å². The van der Waals surface area contributed by atoms with Crippen molar-refractivity contribution in [2.75, 3.05) is 13.6 Å². The molecule has 0 fully saturated rings. The Bertz CT molecular complexity index is 845. The zero-order chi connectivity index (χ0) is 17.6. The topological polar surface area (TPSA) is 38.3 Å². The third-order valence-electron chi connectivity index (χ3n) is 4.41. The summed E-state index contributed by atoms with van der Waals surface area (Å²) in [7, 11) is 1.92. The van der Waals surface area contributed by atoms with Gasteiger partial charge in [-0.1, -0.05) is 72.8 Å². The van der Waals surface area contributed by atoms with E-state index in [4.69, 9.17) is 4.74 Å². The first-order valence-corrected chi connectivity index (χ1v) is 8.54. The van der Waals surface area contributed by atoms with Gasteiger partial charge in [0, 0.05) is 19.4 Å². The Morgan fingerprint density at radius 3 is 2.28 bits per heavy atom. The largest absolute Gasteiger partial charge is 0.457 e. The predicted molar refractivity (Wildman–Crippen MR) is 102 cm³/mol. The monoisotopic (exact) mass is 333 g/mol. The van der Waals surface area contributed by atoms with Crippen LogP contribution in [-0.2, 0) is 9.53 Å². The van der Waals surface area contributed by atoms with Gasteiger partial charge in [0.1, 0.15) is 6.10 Å². The molecule has 25 heavy (non-hydrogen) atoms. The van der Waals surface area contributed by atoms with Crippen LogP contribution in [0.4, 0.5) is 0 Å². The molecule has 2 atom stereocenters. The molecule has 0 aliphatic rings. The van der Waals surface area contributed by atoms with Crippen molar-refractivity contribution in [3.05, 3.63) is 83.9 Å². The number of hydrogen-bond donors (Lipinski definition) is 1. The van der Waals surface area contributed by atoms with Crippen molar-refractivity contribution in [3.8, 4) is 0 Å². The highest BCUT2D eigenvalue weighted by Gasteiger charge is 2.27. The molecule has 1 N–H and O–H groups in total. The first-order valence-electron chi connectivity index (χ1n) is 8.54. The molecule has 3 heteroatoms. The molecule has 3 aromatic carbocycles. The average Bonchev–Trinajstić information content (AvgIpc) is 2.64. The van der Waals surface area contributed by atoms with Gasteiger partial charge in [0.05, 0.1) is 0 Å². The number of hydrogen-bond acceptors (Lipinski definition) is 3. The predicted octanol–water partition coefficient (Wildman–Crippen LogP) is 4.45. The summed E-state index contributed by atoms with van der Waals surface area (Å²) in [6.07, 6.45) is -0.327. The molecule has 0 saturated heterocycles. The minimum absolute atomic E-state index is 0.0286. The molecule has 3 nitrogen and oxygen atoms in total. The van der Waals surface area contributed by atoms with Crippen molar-refractivity contribution in [2.24, 2.45) is 0 Å². The molecule has 128 valence electrons. The van der Waals surface area contributed by atoms with Gasteiger partial charge in [-0.2, -0.15) is 0 Å². The fourth-order valence-corrected chi connectivity index (χ4v) is 3.26. The highest BCUT2D eigenvalue weighted by molar-refractivity contribution is 5.83. The fourth-order valence-electron chi connectivity index (χ4n) is 3.26. The Balaban J connectivity index is 2.05. The maximum absolute atomic E-state index is 11.7. The molecule has 3 rings (SSSR count). The molecule has 0 saturated carbocycles. The van der Waals surface area contributed by atoms with Crippen LogP contribution < -0.4 is 5.32 Å². The van der Waals surface area contributed by atoms with Gasteiger partial charge < -0.3 is 10.1 Å². The molecular weight excluding hydrogens is 310 g/mol. The summed E-state index contributed by atoms with van der Waals surface area (Å²) >= 11 is 0.